The smallest absolute Gasteiger partial charge is 0.243 e. The second-order valence-electron chi connectivity index (χ2n) is 29.0. The van der Waals surface area contributed by atoms with Crippen LogP contribution in [-0.4, -0.2) is 81.8 Å². The first kappa shape index (κ1) is 59.0. The maximum Gasteiger partial charge on any atom is 0.243 e. The molecule has 12 unspecified atom stereocenters. The van der Waals surface area contributed by atoms with E-state index in [1.165, 1.54) is 173 Å². The second kappa shape index (κ2) is 27.8. The molecule has 0 aromatic rings. The summed E-state index contributed by atoms with van der Waals surface area (Å²) in [4.78, 5) is 36.4. The molecule has 7 nitrogen and oxygen atoms in total. The van der Waals surface area contributed by atoms with Crippen molar-refractivity contribution in [3.05, 3.63) is 0 Å². The maximum absolute atomic E-state index is 15.8. The topological polar surface area (TPSA) is 93.1 Å². The third-order valence-electron chi connectivity index (χ3n) is 24.0. The van der Waals surface area contributed by atoms with Crippen molar-refractivity contribution in [2.75, 3.05) is 26.2 Å². The molecular weight excluding hydrogens is 911 g/mol. The van der Waals surface area contributed by atoms with Crippen LogP contribution >= 0.6 is 0 Å². The van der Waals surface area contributed by atoms with Crippen LogP contribution in [-0.2, 0) is 9.59 Å². The minimum atomic E-state index is -0.369. The number of hydrogen-bond acceptors (Lipinski definition) is 5. The van der Waals surface area contributed by atoms with Gasteiger partial charge in [-0.15, -0.1) is 0 Å². The highest BCUT2D eigenvalue weighted by molar-refractivity contribution is 5.88. The van der Waals surface area contributed by atoms with Gasteiger partial charge in [-0.2, -0.15) is 0 Å². The molecule has 9 rings (SSSR count). The number of fused-ring (bicyclic) bond motifs is 5. The van der Waals surface area contributed by atoms with E-state index in [1.54, 1.807) is 0 Å². The number of carbonyl (C=O) groups excluding carboxylic acids is 2. The summed E-state index contributed by atoms with van der Waals surface area (Å²) in [7, 11) is 0. The van der Waals surface area contributed by atoms with Gasteiger partial charge in [0, 0.05) is 18.5 Å². The van der Waals surface area contributed by atoms with Gasteiger partial charge in [-0.1, -0.05) is 157 Å². The van der Waals surface area contributed by atoms with E-state index in [1.807, 2.05) is 0 Å². The summed E-state index contributed by atoms with van der Waals surface area (Å²) < 4.78 is 0. The maximum atomic E-state index is 15.8. The van der Waals surface area contributed by atoms with Crippen LogP contribution in [0, 0.1) is 75.9 Å². The number of unbranched alkanes of at least 4 members (excludes halogenated alkanes) is 16. The van der Waals surface area contributed by atoms with Crippen molar-refractivity contribution >= 4 is 11.8 Å². The van der Waals surface area contributed by atoms with Crippen LogP contribution in [0.15, 0.2) is 0 Å². The molecule has 1 saturated heterocycles. The Hall–Kier alpha value is -1.18. The highest BCUT2D eigenvalue weighted by Gasteiger charge is 2.62. The van der Waals surface area contributed by atoms with Crippen molar-refractivity contribution in [1.82, 2.24) is 15.1 Å². The van der Waals surface area contributed by atoms with Gasteiger partial charge in [0.15, 0.2) is 0 Å². The van der Waals surface area contributed by atoms with E-state index in [4.69, 9.17) is 0 Å². The van der Waals surface area contributed by atoms with E-state index < -0.39 is 0 Å². The standard InChI is InChI=1S/C67H119N3O4/c1-7-10-12-14-16-18-19-21-23-25-27-50(26-24-22-20-17-15-13-11-8-2)48-70(63(54-34-38-69(9-3)39-35-54)64(74)68-67-45-51-40-52(46-67)42-53(41-51)47-67)62(73)31-28-49(4)57-29-30-58-56-44-61(72)60-43-55(71)32-36-66(60,6)59(56)33-37-65(57,58)5/h49-61,63,71-72H,7-48H2,1-6H3,(H,68,74). The van der Waals surface area contributed by atoms with Gasteiger partial charge in [-0.25, -0.2) is 0 Å². The normalized spacial score (nSPS) is 37.0. The summed E-state index contributed by atoms with van der Waals surface area (Å²) in [5.74, 6) is 6.55. The second-order valence-corrected chi connectivity index (χ2v) is 29.0. The van der Waals surface area contributed by atoms with E-state index in [0.29, 0.717) is 41.9 Å². The Morgan fingerprint density at radius 2 is 1.14 bits per heavy atom. The molecule has 2 amide bonds. The number of hydrogen-bond donors (Lipinski definition) is 3. The van der Waals surface area contributed by atoms with Gasteiger partial charge in [0.25, 0.3) is 0 Å². The molecule has 426 valence electrons. The van der Waals surface area contributed by atoms with Gasteiger partial charge in [-0.05, 0) is 218 Å². The van der Waals surface area contributed by atoms with Gasteiger partial charge in [0.1, 0.15) is 6.04 Å². The Bertz CT molecular complexity index is 1660. The summed E-state index contributed by atoms with van der Waals surface area (Å²) in [5, 5.41) is 26.4. The molecule has 8 saturated carbocycles. The van der Waals surface area contributed by atoms with Crippen LogP contribution in [0.25, 0.3) is 0 Å². The monoisotopic (exact) mass is 1030 g/mol. The van der Waals surface area contributed by atoms with Crippen LogP contribution < -0.4 is 5.32 Å². The predicted octanol–water partition coefficient (Wildman–Crippen LogP) is 15.9. The quantitative estimate of drug-likeness (QED) is 0.0602. The fourth-order valence-corrected chi connectivity index (χ4v) is 20.2. The molecule has 3 N–H and O–H groups in total. The van der Waals surface area contributed by atoms with Crippen LogP contribution in [0.5, 0.6) is 0 Å². The Balaban J connectivity index is 0.995. The fraction of sp³-hybridized carbons (Fsp3) is 0.970. The molecule has 8 aliphatic carbocycles. The molecule has 9 aliphatic rings. The van der Waals surface area contributed by atoms with Crippen molar-refractivity contribution in [3.63, 3.8) is 0 Å². The molecule has 0 radical (unpaired) electrons. The molecule has 0 spiro atoms. The highest BCUT2D eigenvalue weighted by atomic mass is 16.3. The van der Waals surface area contributed by atoms with Gasteiger partial charge in [0.05, 0.1) is 12.2 Å². The molecule has 0 aromatic carbocycles. The molecular formula is C67H119N3O4. The summed E-state index contributed by atoms with van der Waals surface area (Å²) >= 11 is 0. The number of piperidine rings is 1. The van der Waals surface area contributed by atoms with Gasteiger partial charge in [-0.3, -0.25) is 9.59 Å². The number of likely N-dealkylation sites (tertiary alicyclic amines) is 1. The number of nitrogens with one attached hydrogen (secondary N) is 1. The molecule has 4 bridgehead atoms. The van der Waals surface area contributed by atoms with Crippen molar-refractivity contribution in [2.24, 2.45) is 75.9 Å². The Morgan fingerprint density at radius 1 is 0.608 bits per heavy atom. The molecule has 12 atom stereocenters. The zero-order valence-corrected chi connectivity index (χ0v) is 49.4. The first-order valence-corrected chi connectivity index (χ1v) is 33.5. The minimum Gasteiger partial charge on any atom is -0.393 e. The van der Waals surface area contributed by atoms with Gasteiger partial charge < -0.3 is 25.3 Å². The van der Waals surface area contributed by atoms with Crippen molar-refractivity contribution in [1.29, 1.82) is 0 Å². The molecule has 7 heteroatoms. The van der Waals surface area contributed by atoms with Crippen molar-refractivity contribution in [3.8, 4) is 0 Å². The zero-order valence-electron chi connectivity index (χ0n) is 49.4. The van der Waals surface area contributed by atoms with Crippen molar-refractivity contribution < 1.29 is 19.8 Å². The summed E-state index contributed by atoms with van der Waals surface area (Å²) in [5.41, 5.74) is 0.306. The zero-order chi connectivity index (χ0) is 52.3. The van der Waals surface area contributed by atoms with E-state index in [2.05, 4.69) is 56.7 Å². The largest absolute Gasteiger partial charge is 0.393 e. The van der Waals surface area contributed by atoms with Crippen LogP contribution in [0.1, 0.15) is 286 Å². The Morgan fingerprint density at radius 3 is 1.69 bits per heavy atom. The lowest BCUT2D eigenvalue weighted by atomic mass is 9.44. The third kappa shape index (κ3) is 14.4. The lowest BCUT2D eigenvalue weighted by Gasteiger charge is -2.62. The van der Waals surface area contributed by atoms with E-state index >= 15 is 9.59 Å². The summed E-state index contributed by atoms with van der Waals surface area (Å²) in [6.45, 7) is 18.4. The van der Waals surface area contributed by atoms with Crippen LogP contribution in [0.3, 0.4) is 0 Å². The van der Waals surface area contributed by atoms with Crippen LogP contribution in [0.4, 0.5) is 0 Å². The predicted molar refractivity (Wildman–Crippen MR) is 308 cm³/mol. The van der Waals surface area contributed by atoms with Gasteiger partial charge >= 0.3 is 0 Å². The number of carbonyl (C=O) groups is 2. The molecule has 1 heterocycles. The Kier molecular flexibility index (Phi) is 22.2. The lowest BCUT2D eigenvalue weighted by molar-refractivity contribution is -0.172. The molecule has 0 aromatic heterocycles. The van der Waals surface area contributed by atoms with E-state index in [0.717, 1.165) is 108 Å². The summed E-state index contributed by atoms with van der Waals surface area (Å²) in [6.07, 6.45) is 45.6. The number of rotatable bonds is 31. The molecule has 74 heavy (non-hydrogen) atoms. The minimum absolute atomic E-state index is 0.0671. The average molecular weight is 1030 g/mol. The number of nitrogens with zero attached hydrogens (tertiary/aromatic N) is 2. The number of aliphatic hydroxyl groups excluding tert-OH is 2. The third-order valence-corrected chi connectivity index (χ3v) is 24.0. The lowest BCUT2D eigenvalue weighted by Crippen LogP contribution is -2.64. The number of amides is 2. The van der Waals surface area contributed by atoms with Crippen LogP contribution in [0.2, 0.25) is 0 Å². The molecule has 1 aliphatic heterocycles. The fourth-order valence-electron chi connectivity index (χ4n) is 20.2. The van der Waals surface area contributed by atoms with E-state index in [9.17, 15) is 10.2 Å². The van der Waals surface area contributed by atoms with Gasteiger partial charge in [0.2, 0.25) is 11.8 Å². The first-order chi connectivity index (χ1) is 35.8. The first-order valence-electron chi connectivity index (χ1n) is 33.5. The Labute approximate surface area is 456 Å². The summed E-state index contributed by atoms with van der Waals surface area (Å²) in [6, 6.07) is -0.369. The SMILES string of the molecule is CCCCCCCCCCCCC(CCCCCCCCCC)CN(C(=O)CCC(C)C1CCC2C3CC(O)C4CC(O)CCC4(C)C3CCC12C)C(C(=O)NC12CC3CC(CC(C3)C1)C2)C1CCN(CC)CC1. The highest BCUT2D eigenvalue weighted by Crippen LogP contribution is 2.68. The average Bonchev–Trinajstić information content (AvgIpc) is 3.74. The molecule has 9 fully saturated rings. The number of aliphatic hydroxyl groups is 2. The van der Waals surface area contributed by atoms with E-state index in [-0.39, 0.29) is 58.3 Å². The van der Waals surface area contributed by atoms with Crippen molar-refractivity contribution in [2.45, 2.75) is 309 Å².